The van der Waals surface area contributed by atoms with Gasteiger partial charge < -0.3 is 15.2 Å². The van der Waals surface area contributed by atoms with Crippen LogP contribution in [0.15, 0.2) is 53.6 Å². The zero-order valence-corrected chi connectivity index (χ0v) is 12.9. The lowest BCUT2D eigenvalue weighted by atomic mass is 10.2. The molecule has 0 saturated carbocycles. The van der Waals surface area contributed by atoms with Gasteiger partial charge in [-0.25, -0.2) is 0 Å². The molecule has 22 heavy (non-hydrogen) atoms. The molecule has 3 N–H and O–H groups in total. The maximum atomic E-state index is 9.51. The van der Waals surface area contributed by atoms with Crippen LogP contribution >= 0.6 is 12.2 Å². The maximum Gasteiger partial charge on any atom is 0.187 e. The fraction of sp³-hybridized carbons (Fsp3) is 0.125. The van der Waals surface area contributed by atoms with Gasteiger partial charge in [0.1, 0.15) is 0 Å². The first-order valence-corrected chi connectivity index (χ1v) is 7.07. The number of hydrazone groups is 1. The molecule has 0 aliphatic carbocycles. The van der Waals surface area contributed by atoms with Crippen LogP contribution in [0.25, 0.3) is 0 Å². The number of rotatable bonds is 5. The van der Waals surface area contributed by atoms with E-state index in [1.165, 1.54) is 7.11 Å². The topological polar surface area (TPSA) is 65.9 Å². The minimum Gasteiger partial charge on any atom is -0.504 e. The lowest BCUT2D eigenvalue weighted by Crippen LogP contribution is -2.31. The summed E-state index contributed by atoms with van der Waals surface area (Å²) in [5.74, 6) is 0.487. The number of nitrogens with one attached hydrogen (secondary N) is 2. The van der Waals surface area contributed by atoms with Crippen molar-refractivity contribution < 1.29 is 9.84 Å². The highest BCUT2D eigenvalue weighted by atomic mass is 32.1. The fourth-order valence-corrected chi connectivity index (χ4v) is 1.88. The second-order valence-corrected chi connectivity index (χ2v) is 4.88. The number of ether oxygens (including phenoxy) is 1. The van der Waals surface area contributed by atoms with Crippen molar-refractivity contribution in [2.45, 2.75) is 6.54 Å². The first-order valence-electron chi connectivity index (χ1n) is 6.67. The van der Waals surface area contributed by atoms with E-state index in [2.05, 4.69) is 15.8 Å². The van der Waals surface area contributed by atoms with Crippen molar-refractivity contribution >= 4 is 23.5 Å². The first-order chi connectivity index (χ1) is 10.7. The number of nitrogens with zero attached hydrogens (tertiary/aromatic N) is 1. The molecule has 0 aromatic heterocycles. The van der Waals surface area contributed by atoms with E-state index in [1.807, 2.05) is 30.3 Å². The van der Waals surface area contributed by atoms with Crippen molar-refractivity contribution in [1.29, 1.82) is 0 Å². The summed E-state index contributed by atoms with van der Waals surface area (Å²) < 4.78 is 5.03. The summed E-state index contributed by atoms with van der Waals surface area (Å²) in [7, 11) is 1.50. The number of phenols is 1. The number of aromatic hydroxyl groups is 1. The smallest absolute Gasteiger partial charge is 0.187 e. The lowest BCUT2D eigenvalue weighted by Gasteiger charge is -2.07. The van der Waals surface area contributed by atoms with E-state index in [4.69, 9.17) is 17.0 Å². The summed E-state index contributed by atoms with van der Waals surface area (Å²) >= 11 is 5.14. The van der Waals surface area contributed by atoms with Gasteiger partial charge in [-0.05, 0) is 41.5 Å². The Hall–Kier alpha value is -2.60. The van der Waals surface area contributed by atoms with E-state index in [9.17, 15) is 5.11 Å². The first kappa shape index (κ1) is 15.8. The third-order valence-corrected chi connectivity index (χ3v) is 3.12. The van der Waals surface area contributed by atoms with E-state index >= 15 is 0 Å². The minimum absolute atomic E-state index is 0.0904. The van der Waals surface area contributed by atoms with Gasteiger partial charge in [-0.2, -0.15) is 5.10 Å². The van der Waals surface area contributed by atoms with Crippen LogP contribution in [-0.2, 0) is 6.54 Å². The van der Waals surface area contributed by atoms with E-state index in [-0.39, 0.29) is 5.75 Å². The molecule has 6 heteroatoms. The maximum absolute atomic E-state index is 9.51. The number of phenolic OH excluding ortho intramolecular Hbond substituents is 1. The lowest BCUT2D eigenvalue weighted by molar-refractivity contribution is 0.373. The number of hydrogen-bond donors (Lipinski definition) is 3. The Labute approximate surface area is 134 Å². The third kappa shape index (κ3) is 4.75. The standard InChI is InChI=1S/C16H17N3O2S/c1-21-15-9-13(7-8-14(15)20)11-18-19-16(22)17-10-12-5-3-2-4-6-12/h2-9,11,20H,10H2,1H3,(H2,17,19,22). The minimum atomic E-state index is 0.0904. The molecule has 5 nitrogen and oxygen atoms in total. The molecule has 0 atom stereocenters. The van der Waals surface area contributed by atoms with Gasteiger partial charge in [-0.1, -0.05) is 30.3 Å². The Morgan fingerprint density at radius 3 is 2.77 bits per heavy atom. The highest BCUT2D eigenvalue weighted by Crippen LogP contribution is 2.25. The van der Waals surface area contributed by atoms with Crippen LogP contribution in [0, 0.1) is 0 Å². The normalized spacial score (nSPS) is 10.4. The Balaban J connectivity index is 1.83. The van der Waals surface area contributed by atoms with Gasteiger partial charge >= 0.3 is 0 Å². The molecule has 0 amide bonds. The Bertz CT molecular complexity index is 660. The van der Waals surface area contributed by atoms with Crippen molar-refractivity contribution in [1.82, 2.24) is 10.7 Å². The molecule has 2 aromatic rings. The molecule has 0 fully saturated rings. The summed E-state index contributed by atoms with van der Waals surface area (Å²) in [6, 6.07) is 14.9. The largest absolute Gasteiger partial charge is 0.504 e. The van der Waals surface area contributed by atoms with Crippen LogP contribution < -0.4 is 15.5 Å². The highest BCUT2D eigenvalue weighted by Gasteiger charge is 2.00. The monoisotopic (exact) mass is 315 g/mol. The Kier molecular flexibility index (Phi) is 5.73. The number of methoxy groups -OCH3 is 1. The Morgan fingerprint density at radius 2 is 2.05 bits per heavy atom. The van der Waals surface area contributed by atoms with Crippen molar-refractivity contribution in [3.05, 3.63) is 59.7 Å². The molecule has 2 aromatic carbocycles. The SMILES string of the molecule is COc1cc(C=NNC(=S)NCc2ccccc2)ccc1O. The molecule has 0 bridgehead atoms. The van der Waals surface area contributed by atoms with E-state index in [1.54, 1.807) is 24.4 Å². The molecule has 0 unspecified atom stereocenters. The van der Waals surface area contributed by atoms with Crippen LogP contribution in [0.5, 0.6) is 11.5 Å². The van der Waals surface area contributed by atoms with Crippen molar-refractivity contribution in [3.8, 4) is 11.5 Å². The molecule has 0 heterocycles. The van der Waals surface area contributed by atoms with Gasteiger partial charge in [0, 0.05) is 6.54 Å². The van der Waals surface area contributed by atoms with Crippen molar-refractivity contribution in [2.75, 3.05) is 7.11 Å². The van der Waals surface area contributed by atoms with E-state index in [0.29, 0.717) is 17.4 Å². The van der Waals surface area contributed by atoms with E-state index in [0.717, 1.165) is 11.1 Å². The summed E-state index contributed by atoms with van der Waals surface area (Å²) in [5.41, 5.74) is 4.66. The highest BCUT2D eigenvalue weighted by molar-refractivity contribution is 7.80. The predicted molar refractivity (Wildman–Crippen MR) is 91.3 cm³/mol. The molecule has 114 valence electrons. The molecule has 0 spiro atoms. The molecule has 0 aliphatic heterocycles. The summed E-state index contributed by atoms with van der Waals surface area (Å²) in [6.07, 6.45) is 1.60. The second-order valence-electron chi connectivity index (χ2n) is 4.47. The predicted octanol–water partition coefficient (Wildman–Crippen LogP) is 2.40. The molecule has 0 saturated heterocycles. The summed E-state index contributed by atoms with van der Waals surface area (Å²) in [6.45, 7) is 0.634. The van der Waals surface area contributed by atoms with Gasteiger partial charge in [0.2, 0.25) is 0 Å². The molecule has 0 radical (unpaired) electrons. The average Bonchev–Trinajstić information content (AvgIpc) is 2.55. The summed E-state index contributed by atoms with van der Waals surface area (Å²) in [5, 5.41) is 17.0. The fourth-order valence-electron chi connectivity index (χ4n) is 1.76. The quantitative estimate of drug-likeness (QED) is 0.449. The molecular formula is C16H17N3O2S. The van der Waals surface area contributed by atoms with Crippen LogP contribution in [0.2, 0.25) is 0 Å². The van der Waals surface area contributed by atoms with Crippen LogP contribution in [-0.4, -0.2) is 23.5 Å². The summed E-state index contributed by atoms with van der Waals surface area (Å²) in [4.78, 5) is 0. The number of benzene rings is 2. The van der Waals surface area contributed by atoms with Gasteiger partial charge in [0.05, 0.1) is 13.3 Å². The average molecular weight is 315 g/mol. The third-order valence-electron chi connectivity index (χ3n) is 2.88. The Morgan fingerprint density at radius 1 is 1.27 bits per heavy atom. The molecule has 0 aliphatic rings. The van der Waals surface area contributed by atoms with Gasteiger partial charge in [0.15, 0.2) is 16.6 Å². The van der Waals surface area contributed by atoms with Gasteiger partial charge in [-0.3, -0.25) is 5.43 Å². The van der Waals surface area contributed by atoms with Crippen molar-refractivity contribution in [3.63, 3.8) is 0 Å². The second kappa shape index (κ2) is 7.99. The molecule has 2 rings (SSSR count). The van der Waals surface area contributed by atoms with Crippen LogP contribution in [0.4, 0.5) is 0 Å². The van der Waals surface area contributed by atoms with Gasteiger partial charge in [-0.15, -0.1) is 0 Å². The zero-order valence-electron chi connectivity index (χ0n) is 12.1. The van der Waals surface area contributed by atoms with Crippen LogP contribution in [0.1, 0.15) is 11.1 Å². The zero-order chi connectivity index (χ0) is 15.8. The molecular weight excluding hydrogens is 298 g/mol. The van der Waals surface area contributed by atoms with E-state index < -0.39 is 0 Å². The number of hydrogen-bond acceptors (Lipinski definition) is 4. The van der Waals surface area contributed by atoms with Crippen molar-refractivity contribution in [2.24, 2.45) is 5.10 Å². The van der Waals surface area contributed by atoms with Gasteiger partial charge in [0.25, 0.3) is 0 Å². The number of thiocarbonyl (C=S) groups is 1. The van der Waals surface area contributed by atoms with Crippen LogP contribution in [0.3, 0.4) is 0 Å².